The highest BCUT2D eigenvalue weighted by Crippen LogP contribution is 2.30. The van der Waals surface area contributed by atoms with Crippen molar-refractivity contribution in [2.45, 2.75) is 44.9 Å². The number of hydrogen-bond acceptors (Lipinski definition) is 6. The molecule has 0 saturated carbocycles. The minimum Gasteiger partial charge on any atom is -0.337 e. The Morgan fingerprint density at radius 2 is 1.89 bits per heavy atom. The number of urea groups is 1. The van der Waals surface area contributed by atoms with Crippen LogP contribution >= 0.6 is 0 Å². The Labute approximate surface area is 204 Å². The molecule has 0 radical (unpaired) electrons. The SMILES string of the molecule is CCc1nn(-c2noc(C3CCN(CC4CCN(C(=O)N(C)C)CC4)CC3)n2)c2c(F)cccc12. The summed E-state index contributed by atoms with van der Waals surface area (Å²) in [4.78, 5) is 22.9. The summed E-state index contributed by atoms with van der Waals surface area (Å²) in [5.74, 6) is 1.38. The van der Waals surface area contributed by atoms with Gasteiger partial charge in [-0.15, -0.1) is 0 Å². The minimum atomic E-state index is -0.341. The molecule has 0 bridgehead atoms. The van der Waals surface area contributed by atoms with Gasteiger partial charge in [-0.05, 0) is 62.3 Å². The van der Waals surface area contributed by atoms with Gasteiger partial charge in [-0.25, -0.2) is 9.18 Å². The van der Waals surface area contributed by atoms with Gasteiger partial charge in [-0.1, -0.05) is 19.1 Å². The van der Waals surface area contributed by atoms with Crippen LogP contribution in [-0.4, -0.2) is 87.5 Å². The molecule has 2 aliphatic rings. The van der Waals surface area contributed by atoms with E-state index in [0.717, 1.165) is 69.5 Å². The summed E-state index contributed by atoms with van der Waals surface area (Å²) in [5.41, 5.74) is 1.21. The van der Waals surface area contributed by atoms with Gasteiger partial charge < -0.3 is 19.2 Å². The van der Waals surface area contributed by atoms with Crippen LogP contribution in [0, 0.1) is 11.7 Å². The van der Waals surface area contributed by atoms with Gasteiger partial charge in [0.15, 0.2) is 0 Å². The Morgan fingerprint density at radius 3 is 2.57 bits per heavy atom. The predicted molar refractivity (Wildman–Crippen MR) is 130 cm³/mol. The number of nitrogens with zero attached hydrogens (tertiary/aromatic N) is 7. The molecule has 0 spiro atoms. The quantitative estimate of drug-likeness (QED) is 0.551. The average molecular weight is 484 g/mol. The number of benzene rings is 1. The third-order valence-electron chi connectivity index (χ3n) is 7.41. The summed E-state index contributed by atoms with van der Waals surface area (Å²) in [6.07, 6.45) is 4.71. The van der Waals surface area contributed by atoms with Gasteiger partial charge in [-0.3, -0.25) is 0 Å². The number of rotatable bonds is 5. The molecule has 2 aromatic heterocycles. The lowest BCUT2D eigenvalue weighted by Crippen LogP contribution is -2.46. The molecule has 2 fully saturated rings. The van der Waals surface area contributed by atoms with Crippen LogP contribution < -0.4 is 0 Å². The van der Waals surface area contributed by atoms with Crippen LogP contribution in [0.25, 0.3) is 16.9 Å². The summed E-state index contributed by atoms with van der Waals surface area (Å²) in [6, 6.07) is 5.12. The van der Waals surface area contributed by atoms with E-state index in [1.54, 1.807) is 11.0 Å². The molecule has 35 heavy (non-hydrogen) atoms. The standard InChI is InChI=1S/C25H34FN7O2/c1-4-21-19-6-5-7-20(26)22(19)33(28-21)24-27-23(35-29-24)18-10-12-31(13-11-18)16-17-8-14-32(15-9-17)25(34)30(2)3/h5-7,17-18H,4,8-16H2,1-3H3. The van der Waals surface area contributed by atoms with Gasteiger partial charge in [-0.2, -0.15) is 14.8 Å². The molecule has 0 unspecified atom stereocenters. The maximum absolute atomic E-state index is 14.6. The van der Waals surface area contributed by atoms with Crippen LogP contribution in [0.2, 0.25) is 0 Å². The van der Waals surface area contributed by atoms with Crippen LogP contribution in [0.15, 0.2) is 22.7 Å². The smallest absolute Gasteiger partial charge is 0.319 e. The van der Waals surface area contributed by atoms with E-state index in [0.29, 0.717) is 23.7 Å². The van der Waals surface area contributed by atoms with Crippen molar-refractivity contribution in [1.29, 1.82) is 0 Å². The third-order valence-corrected chi connectivity index (χ3v) is 7.41. The molecule has 10 heteroatoms. The molecular weight excluding hydrogens is 449 g/mol. The molecule has 4 heterocycles. The number of piperidine rings is 2. The van der Waals surface area contributed by atoms with Crippen LogP contribution in [0.4, 0.5) is 9.18 Å². The molecule has 1 aromatic carbocycles. The molecule has 0 N–H and O–H groups in total. The fraction of sp³-hybridized carbons (Fsp3) is 0.600. The first-order chi connectivity index (χ1) is 16.9. The molecule has 3 aromatic rings. The van der Waals surface area contributed by atoms with Crippen molar-refractivity contribution in [3.8, 4) is 5.95 Å². The van der Waals surface area contributed by atoms with Gasteiger partial charge in [0, 0.05) is 45.0 Å². The zero-order valence-electron chi connectivity index (χ0n) is 20.8. The lowest BCUT2D eigenvalue weighted by molar-refractivity contribution is 0.119. The predicted octanol–water partition coefficient (Wildman–Crippen LogP) is 3.68. The van der Waals surface area contributed by atoms with Crippen LogP contribution in [-0.2, 0) is 6.42 Å². The molecule has 5 rings (SSSR count). The monoisotopic (exact) mass is 483 g/mol. The van der Waals surface area contributed by atoms with Gasteiger partial charge in [0.2, 0.25) is 5.89 Å². The molecule has 0 atom stereocenters. The van der Waals surface area contributed by atoms with E-state index in [2.05, 4.69) is 20.1 Å². The Kier molecular flexibility index (Phi) is 6.73. The van der Waals surface area contributed by atoms with E-state index in [9.17, 15) is 9.18 Å². The Hall–Kier alpha value is -3.01. The Morgan fingerprint density at radius 1 is 1.14 bits per heavy atom. The minimum absolute atomic E-state index is 0.111. The van der Waals surface area contributed by atoms with Crippen molar-refractivity contribution in [2.24, 2.45) is 5.92 Å². The second-order valence-corrected chi connectivity index (χ2v) is 9.96. The zero-order valence-corrected chi connectivity index (χ0v) is 20.8. The second-order valence-electron chi connectivity index (χ2n) is 9.96. The number of aryl methyl sites for hydroxylation is 1. The fourth-order valence-corrected chi connectivity index (χ4v) is 5.39. The normalized spacial score (nSPS) is 18.5. The van der Waals surface area contributed by atoms with E-state index in [1.807, 2.05) is 32.0 Å². The lowest BCUT2D eigenvalue weighted by atomic mass is 9.93. The number of amides is 2. The number of carbonyl (C=O) groups is 1. The van der Waals surface area contributed by atoms with E-state index in [1.165, 1.54) is 10.7 Å². The maximum Gasteiger partial charge on any atom is 0.319 e. The molecule has 9 nitrogen and oxygen atoms in total. The highest BCUT2D eigenvalue weighted by Gasteiger charge is 2.29. The second kappa shape index (κ2) is 9.93. The number of likely N-dealkylation sites (tertiary alicyclic amines) is 2. The van der Waals surface area contributed by atoms with Crippen LogP contribution in [0.3, 0.4) is 0 Å². The molecule has 188 valence electrons. The summed E-state index contributed by atoms with van der Waals surface area (Å²) >= 11 is 0. The number of hydrogen-bond donors (Lipinski definition) is 0. The number of aromatic nitrogens is 4. The van der Waals surface area contributed by atoms with Gasteiger partial charge in [0.05, 0.1) is 5.69 Å². The van der Waals surface area contributed by atoms with Gasteiger partial charge in [0.25, 0.3) is 5.95 Å². The molecule has 2 amide bonds. The van der Waals surface area contributed by atoms with Crippen LogP contribution in [0.1, 0.15) is 50.1 Å². The van der Waals surface area contributed by atoms with Crippen molar-refractivity contribution < 1.29 is 13.7 Å². The fourth-order valence-electron chi connectivity index (χ4n) is 5.39. The van der Waals surface area contributed by atoms with Gasteiger partial charge in [0.1, 0.15) is 11.3 Å². The van der Waals surface area contributed by atoms with Crippen molar-refractivity contribution >= 4 is 16.9 Å². The Bertz CT molecular complexity index is 1170. The van der Waals surface area contributed by atoms with Crippen molar-refractivity contribution in [3.05, 3.63) is 35.6 Å². The van der Waals surface area contributed by atoms with E-state index in [-0.39, 0.29) is 23.7 Å². The molecule has 2 aliphatic heterocycles. The highest BCUT2D eigenvalue weighted by atomic mass is 19.1. The first-order valence-corrected chi connectivity index (χ1v) is 12.6. The average Bonchev–Trinajstić information content (AvgIpc) is 3.50. The van der Waals surface area contributed by atoms with Crippen molar-refractivity contribution in [3.63, 3.8) is 0 Å². The maximum atomic E-state index is 14.6. The lowest BCUT2D eigenvalue weighted by Gasteiger charge is -2.37. The van der Waals surface area contributed by atoms with Crippen molar-refractivity contribution in [2.75, 3.05) is 46.8 Å². The Balaban J connectivity index is 1.18. The van der Waals surface area contributed by atoms with E-state index in [4.69, 9.17) is 4.52 Å². The number of halogens is 1. The number of carbonyl (C=O) groups excluding carboxylic acids is 1. The molecule has 0 aliphatic carbocycles. The number of fused-ring (bicyclic) bond motifs is 1. The molecule has 2 saturated heterocycles. The summed E-state index contributed by atoms with van der Waals surface area (Å²) in [7, 11) is 3.62. The topological polar surface area (TPSA) is 83.5 Å². The van der Waals surface area contributed by atoms with Crippen molar-refractivity contribution in [1.82, 2.24) is 34.6 Å². The summed E-state index contributed by atoms with van der Waals surface area (Å²) < 4.78 is 21.7. The zero-order chi connectivity index (χ0) is 24.5. The first kappa shape index (κ1) is 23.7. The summed E-state index contributed by atoms with van der Waals surface area (Å²) in [6.45, 7) is 6.72. The number of para-hydroxylation sites is 1. The van der Waals surface area contributed by atoms with E-state index < -0.39 is 0 Å². The van der Waals surface area contributed by atoms with E-state index >= 15 is 0 Å². The largest absolute Gasteiger partial charge is 0.337 e. The van der Waals surface area contributed by atoms with Gasteiger partial charge >= 0.3 is 6.03 Å². The highest BCUT2D eigenvalue weighted by molar-refractivity contribution is 5.83. The van der Waals surface area contributed by atoms with Crippen LogP contribution in [0.5, 0.6) is 0 Å². The summed E-state index contributed by atoms with van der Waals surface area (Å²) in [5, 5.41) is 9.48. The first-order valence-electron chi connectivity index (χ1n) is 12.6. The third kappa shape index (κ3) is 4.76. The molecular formula is C25H34FN7O2.